The highest BCUT2D eigenvalue weighted by Crippen LogP contribution is 2.25. The van der Waals surface area contributed by atoms with Crippen molar-refractivity contribution in [3.63, 3.8) is 0 Å². The molecule has 9 nitrogen and oxygen atoms in total. The molecule has 3 rings (SSSR count). The van der Waals surface area contributed by atoms with Gasteiger partial charge in [-0.1, -0.05) is 42.5 Å². The van der Waals surface area contributed by atoms with Crippen LogP contribution in [0.3, 0.4) is 0 Å². The summed E-state index contributed by atoms with van der Waals surface area (Å²) in [6.45, 7) is 0.725. The van der Waals surface area contributed by atoms with Crippen LogP contribution in [0.1, 0.15) is 30.0 Å². The van der Waals surface area contributed by atoms with E-state index in [0.29, 0.717) is 24.5 Å². The quantitative estimate of drug-likeness (QED) is 0.503. The Labute approximate surface area is 207 Å². The molecular formula is C25H33N3O6S. The van der Waals surface area contributed by atoms with E-state index in [1.54, 1.807) is 43.5 Å². The third-order valence-electron chi connectivity index (χ3n) is 5.96. The van der Waals surface area contributed by atoms with Crippen LogP contribution in [0.2, 0.25) is 0 Å². The lowest BCUT2D eigenvalue weighted by Crippen LogP contribution is -2.48. The van der Waals surface area contributed by atoms with E-state index in [4.69, 9.17) is 9.47 Å². The van der Waals surface area contributed by atoms with Crippen molar-refractivity contribution in [2.75, 3.05) is 40.1 Å². The Bertz CT molecular complexity index is 1090. The van der Waals surface area contributed by atoms with Crippen LogP contribution in [0.5, 0.6) is 5.75 Å². The number of sulfonamides is 1. The maximum Gasteiger partial charge on any atom is 0.247 e. The molecule has 0 aliphatic carbocycles. The smallest absolute Gasteiger partial charge is 0.247 e. The minimum atomic E-state index is -3.59. The fourth-order valence-electron chi connectivity index (χ4n) is 3.87. The monoisotopic (exact) mass is 503 g/mol. The maximum atomic E-state index is 13.5. The average Bonchev–Trinajstić information content (AvgIpc) is 3.36. The van der Waals surface area contributed by atoms with Gasteiger partial charge in [-0.05, 0) is 36.1 Å². The van der Waals surface area contributed by atoms with Crippen molar-refractivity contribution >= 4 is 21.8 Å². The maximum absolute atomic E-state index is 13.5. The number of carbonyl (C=O) groups excluding carboxylic acids is 2. The Morgan fingerprint density at radius 1 is 1.14 bits per heavy atom. The van der Waals surface area contributed by atoms with Crippen LogP contribution < -0.4 is 10.1 Å². The molecule has 1 fully saturated rings. The van der Waals surface area contributed by atoms with E-state index in [0.717, 1.165) is 29.0 Å². The first-order valence-electron chi connectivity index (χ1n) is 11.5. The van der Waals surface area contributed by atoms with Gasteiger partial charge in [-0.2, -0.15) is 4.31 Å². The number of amides is 2. The summed E-state index contributed by atoms with van der Waals surface area (Å²) in [6.07, 6.45) is 2.79. The summed E-state index contributed by atoms with van der Waals surface area (Å²) in [5.74, 6) is -0.178. The average molecular weight is 504 g/mol. The van der Waals surface area contributed by atoms with Crippen molar-refractivity contribution in [1.82, 2.24) is 14.5 Å². The molecular weight excluding hydrogens is 470 g/mol. The number of ether oxygens (including phenoxy) is 2. The first-order valence-corrected chi connectivity index (χ1v) is 13.3. The van der Waals surface area contributed by atoms with E-state index >= 15 is 0 Å². The molecule has 0 bridgehead atoms. The number of benzene rings is 2. The first kappa shape index (κ1) is 26.7. The number of carbonyl (C=O) groups is 2. The van der Waals surface area contributed by atoms with Gasteiger partial charge in [-0.15, -0.1) is 0 Å². The molecule has 2 amide bonds. The molecule has 35 heavy (non-hydrogen) atoms. The van der Waals surface area contributed by atoms with E-state index in [1.807, 2.05) is 18.2 Å². The van der Waals surface area contributed by atoms with Crippen LogP contribution in [0.4, 0.5) is 0 Å². The van der Waals surface area contributed by atoms with Gasteiger partial charge >= 0.3 is 0 Å². The van der Waals surface area contributed by atoms with Crippen molar-refractivity contribution in [2.24, 2.45) is 0 Å². The lowest BCUT2D eigenvalue weighted by Gasteiger charge is -2.33. The summed E-state index contributed by atoms with van der Waals surface area (Å²) in [5.41, 5.74) is 1.40. The number of nitrogens with zero attached hydrogens (tertiary/aromatic N) is 2. The molecule has 2 atom stereocenters. The third kappa shape index (κ3) is 7.51. The van der Waals surface area contributed by atoms with Gasteiger partial charge in [-0.25, -0.2) is 8.42 Å². The molecule has 1 N–H and O–H groups in total. The second-order valence-corrected chi connectivity index (χ2v) is 10.7. The van der Waals surface area contributed by atoms with Crippen LogP contribution in [0, 0.1) is 0 Å². The summed E-state index contributed by atoms with van der Waals surface area (Å²) in [6, 6.07) is 15.2. The summed E-state index contributed by atoms with van der Waals surface area (Å²) in [5, 5.41) is 2.94. The minimum absolute atomic E-state index is 0.0579. The molecule has 0 radical (unpaired) electrons. The summed E-state index contributed by atoms with van der Waals surface area (Å²) in [7, 11) is -0.687. The molecule has 0 spiro atoms. The zero-order valence-corrected chi connectivity index (χ0v) is 21.2. The molecule has 190 valence electrons. The van der Waals surface area contributed by atoms with Gasteiger partial charge in [0.1, 0.15) is 11.8 Å². The molecule has 0 unspecified atom stereocenters. The number of likely N-dealkylation sites (N-methyl/N-ethyl adjacent to an activating group) is 1. The normalized spacial score (nSPS) is 16.6. The van der Waals surface area contributed by atoms with Gasteiger partial charge in [0.15, 0.2) is 0 Å². The second-order valence-electron chi connectivity index (χ2n) is 8.58. The number of rotatable bonds is 11. The lowest BCUT2D eigenvalue weighted by atomic mass is 10.0. The standard InChI is InChI=1S/C25H33N3O6S/c1-27(35(3,31)32)18-23(29)28(17-19-11-13-21(33-2)14-12-19)24(20-8-5-4-6-9-20)25(30)26-16-22-10-7-15-34-22/h4-6,8-9,11-14,22,24H,7,10,15-18H2,1-3H3,(H,26,30)/t22-,24-/m0/s1. The molecule has 0 saturated carbocycles. The lowest BCUT2D eigenvalue weighted by molar-refractivity contribution is -0.141. The van der Waals surface area contributed by atoms with Crippen molar-refractivity contribution in [3.05, 3.63) is 65.7 Å². The Balaban J connectivity index is 1.94. The molecule has 1 aliphatic rings. The van der Waals surface area contributed by atoms with Gasteiger partial charge in [0.25, 0.3) is 0 Å². The summed E-state index contributed by atoms with van der Waals surface area (Å²) < 4.78 is 35.8. The highest BCUT2D eigenvalue weighted by Gasteiger charge is 2.33. The number of hydrogen-bond acceptors (Lipinski definition) is 6. The topological polar surface area (TPSA) is 105 Å². The second kappa shape index (κ2) is 12.1. The van der Waals surface area contributed by atoms with Gasteiger partial charge in [-0.3, -0.25) is 9.59 Å². The molecule has 2 aromatic rings. The fraction of sp³-hybridized carbons (Fsp3) is 0.440. The molecule has 0 aromatic heterocycles. The van der Waals surface area contributed by atoms with Gasteiger partial charge in [0, 0.05) is 26.7 Å². The first-order chi connectivity index (χ1) is 16.7. The van der Waals surface area contributed by atoms with E-state index in [1.165, 1.54) is 11.9 Å². The van der Waals surface area contributed by atoms with Crippen molar-refractivity contribution < 1.29 is 27.5 Å². The summed E-state index contributed by atoms with van der Waals surface area (Å²) >= 11 is 0. The third-order valence-corrected chi connectivity index (χ3v) is 7.22. The van der Waals surface area contributed by atoms with E-state index in [-0.39, 0.29) is 18.6 Å². The molecule has 1 saturated heterocycles. The van der Waals surface area contributed by atoms with E-state index in [9.17, 15) is 18.0 Å². The predicted molar refractivity (Wildman–Crippen MR) is 132 cm³/mol. The molecule has 10 heteroatoms. The predicted octanol–water partition coefficient (Wildman–Crippen LogP) is 1.95. The highest BCUT2D eigenvalue weighted by atomic mass is 32.2. The number of nitrogens with one attached hydrogen (secondary N) is 1. The van der Waals surface area contributed by atoms with E-state index < -0.39 is 28.5 Å². The van der Waals surface area contributed by atoms with Gasteiger partial charge < -0.3 is 19.7 Å². The Kier molecular flexibility index (Phi) is 9.25. The Morgan fingerprint density at radius 3 is 2.40 bits per heavy atom. The zero-order valence-electron chi connectivity index (χ0n) is 20.3. The van der Waals surface area contributed by atoms with Crippen LogP contribution in [-0.2, 0) is 30.9 Å². The Morgan fingerprint density at radius 2 is 1.83 bits per heavy atom. The van der Waals surface area contributed by atoms with Crippen LogP contribution >= 0.6 is 0 Å². The molecule has 2 aromatic carbocycles. The highest BCUT2D eigenvalue weighted by molar-refractivity contribution is 7.88. The van der Waals surface area contributed by atoms with Crippen LogP contribution in [0.15, 0.2) is 54.6 Å². The molecule has 1 aliphatic heterocycles. The van der Waals surface area contributed by atoms with Crippen molar-refractivity contribution in [3.8, 4) is 5.75 Å². The van der Waals surface area contributed by atoms with Gasteiger partial charge in [0.2, 0.25) is 21.8 Å². The van der Waals surface area contributed by atoms with Gasteiger partial charge in [0.05, 0.1) is 26.0 Å². The van der Waals surface area contributed by atoms with Crippen LogP contribution in [0.25, 0.3) is 0 Å². The molecule has 1 heterocycles. The largest absolute Gasteiger partial charge is 0.497 e. The van der Waals surface area contributed by atoms with Crippen LogP contribution in [-0.4, -0.2) is 75.7 Å². The van der Waals surface area contributed by atoms with Crippen molar-refractivity contribution in [2.45, 2.75) is 31.5 Å². The number of methoxy groups -OCH3 is 1. The minimum Gasteiger partial charge on any atom is -0.497 e. The van der Waals surface area contributed by atoms with Crippen molar-refractivity contribution in [1.29, 1.82) is 0 Å². The SMILES string of the molecule is COc1ccc(CN(C(=O)CN(C)S(C)(=O)=O)[C@H](C(=O)NC[C@@H]2CCCO2)c2ccccc2)cc1. The number of hydrogen-bond donors (Lipinski definition) is 1. The fourth-order valence-corrected chi connectivity index (χ4v) is 4.22. The zero-order chi connectivity index (χ0) is 25.4. The summed E-state index contributed by atoms with van der Waals surface area (Å²) in [4.78, 5) is 28.4. The Hall–Kier alpha value is -2.95. The van der Waals surface area contributed by atoms with E-state index in [2.05, 4.69) is 5.32 Å².